The number of halogens is 2. The van der Waals surface area contributed by atoms with Crippen molar-refractivity contribution in [3.63, 3.8) is 0 Å². The Bertz CT molecular complexity index is 1260. The Morgan fingerprint density at radius 1 is 1.09 bits per heavy atom. The quantitative estimate of drug-likeness (QED) is 0.478. The van der Waals surface area contributed by atoms with Crippen molar-refractivity contribution in [2.75, 3.05) is 30.4 Å². The number of nitrogens with one attached hydrogen (secondary N) is 1. The van der Waals surface area contributed by atoms with Gasteiger partial charge in [-0.2, -0.15) is 0 Å². The van der Waals surface area contributed by atoms with E-state index in [2.05, 4.69) is 10.1 Å². The van der Waals surface area contributed by atoms with Gasteiger partial charge in [-0.25, -0.2) is 22.0 Å². The minimum absolute atomic E-state index is 0.199. The van der Waals surface area contributed by atoms with Crippen LogP contribution in [0.1, 0.15) is 10.4 Å². The van der Waals surface area contributed by atoms with Crippen molar-refractivity contribution in [1.82, 2.24) is 0 Å². The van der Waals surface area contributed by atoms with Crippen LogP contribution in [0.4, 0.5) is 20.2 Å². The molecule has 1 aromatic heterocycles. The first kappa shape index (κ1) is 24.1. The summed E-state index contributed by atoms with van der Waals surface area (Å²) in [7, 11) is -1.23. The first-order valence-corrected chi connectivity index (χ1v) is 11.6. The van der Waals surface area contributed by atoms with E-state index in [9.17, 15) is 26.8 Å². The summed E-state index contributed by atoms with van der Waals surface area (Å²) < 4.78 is 63.8. The van der Waals surface area contributed by atoms with Crippen LogP contribution in [0.25, 0.3) is 0 Å². The summed E-state index contributed by atoms with van der Waals surface area (Å²) in [6, 6.07) is 10.4. The molecule has 1 N–H and O–H groups in total. The summed E-state index contributed by atoms with van der Waals surface area (Å²) in [5, 5.41) is 3.86. The second-order valence-corrected chi connectivity index (χ2v) is 9.68. The van der Waals surface area contributed by atoms with E-state index in [0.29, 0.717) is 11.8 Å². The van der Waals surface area contributed by atoms with Crippen molar-refractivity contribution < 1.29 is 36.3 Å². The number of hydrogen-bond acceptors (Lipinski definition) is 7. The number of esters is 1. The maximum atomic E-state index is 13.9. The van der Waals surface area contributed by atoms with Crippen LogP contribution in [0.2, 0.25) is 0 Å². The molecule has 8 nitrogen and oxygen atoms in total. The van der Waals surface area contributed by atoms with Gasteiger partial charge >= 0.3 is 5.97 Å². The first-order valence-electron chi connectivity index (χ1n) is 9.26. The van der Waals surface area contributed by atoms with Crippen molar-refractivity contribution in [2.24, 2.45) is 0 Å². The number of sulfonamides is 1. The molecule has 0 aliphatic rings. The monoisotopic (exact) mass is 496 g/mol. The largest absolute Gasteiger partial charge is 0.484 e. The molecule has 33 heavy (non-hydrogen) atoms. The van der Waals surface area contributed by atoms with E-state index >= 15 is 0 Å². The third-order valence-corrected chi connectivity index (χ3v) is 7.57. The molecular formula is C21H18F2N2O6S2. The highest BCUT2D eigenvalue weighted by molar-refractivity contribution is 7.94. The zero-order valence-electron chi connectivity index (χ0n) is 17.4. The topological polar surface area (TPSA) is 102 Å². The van der Waals surface area contributed by atoms with Crippen molar-refractivity contribution in [2.45, 2.75) is 4.21 Å². The van der Waals surface area contributed by atoms with Gasteiger partial charge < -0.3 is 14.8 Å². The molecule has 0 aliphatic carbocycles. The zero-order chi connectivity index (χ0) is 24.2. The maximum Gasteiger partial charge on any atom is 0.340 e. The molecular weight excluding hydrogens is 478 g/mol. The van der Waals surface area contributed by atoms with Crippen molar-refractivity contribution in [3.8, 4) is 5.75 Å². The molecule has 0 radical (unpaired) electrons. The predicted molar refractivity (Wildman–Crippen MR) is 118 cm³/mol. The van der Waals surface area contributed by atoms with Crippen LogP contribution in [-0.4, -0.2) is 41.1 Å². The summed E-state index contributed by atoms with van der Waals surface area (Å²) in [4.78, 5) is 23.6. The molecule has 0 aliphatic heterocycles. The fourth-order valence-electron chi connectivity index (χ4n) is 2.68. The van der Waals surface area contributed by atoms with Crippen LogP contribution >= 0.6 is 11.3 Å². The normalized spacial score (nSPS) is 11.0. The predicted octanol–water partition coefficient (Wildman–Crippen LogP) is 3.66. The number of carbonyl (C=O) groups excluding carboxylic acids is 2. The standard InChI is InChI=1S/C21H18F2N2O6S2/c1-25(33(28,29)20-4-3-9-32-20)13-5-7-14(8-6-13)31-12-19(26)24-18-10-15(21(27)30-2)16(22)11-17(18)23/h3-11H,12H2,1-2H3,(H,24,26). The van der Waals surface area contributed by atoms with Crippen LogP contribution < -0.4 is 14.4 Å². The summed E-state index contributed by atoms with van der Waals surface area (Å²) in [5.41, 5.74) is -0.572. The van der Waals surface area contributed by atoms with Crippen LogP contribution in [0.5, 0.6) is 5.75 Å². The molecule has 0 bridgehead atoms. The van der Waals surface area contributed by atoms with Crippen molar-refractivity contribution in [3.05, 3.63) is 71.1 Å². The number of methoxy groups -OCH3 is 1. The number of carbonyl (C=O) groups is 2. The fourth-order valence-corrected chi connectivity index (χ4v) is 5.04. The lowest BCUT2D eigenvalue weighted by molar-refractivity contribution is -0.118. The van der Waals surface area contributed by atoms with E-state index in [0.717, 1.165) is 28.8 Å². The summed E-state index contributed by atoms with van der Waals surface area (Å²) in [5.74, 6) is -3.73. The number of thiophene rings is 1. The van der Waals surface area contributed by atoms with Gasteiger partial charge in [0.25, 0.3) is 15.9 Å². The SMILES string of the molecule is COC(=O)c1cc(NC(=O)COc2ccc(N(C)S(=O)(=O)c3cccs3)cc2)c(F)cc1F. The van der Waals surface area contributed by atoms with Gasteiger partial charge in [0.15, 0.2) is 6.61 Å². The Morgan fingerprint density at radius 2 is 1.79 bits per heavy atom. The number of benzene rings is 2. The van der Waals surface area contributed by atoms with Crippen molar-refractivity contribution >= 4 is 44.6 Å². The molecule has 174 valence electrons. The van der Waals surface area contributed by atoms with Gasteiger partial charge in [0.1, 0.15) is 21.6 Å². The summed E-state index contributed by atoms with van der Waals surface area (Å²) in [6.45, 7) is -0.521. The number of ether oxygens (including phenoxy) is 2. The number of rotatable bonds is 8. The second-order valence-electron chi connectivity index (χ2n) is 6.54. The highest BCUT2D eigenvalue weighted by Gasteiger charge is 2.22. The van der Waals surface area contributed by atoms with Crippen LogP contribution in [0.15, 0.2) is 58.1 Å². The average molecular weight is 497 g/mol. The van der Waals surface area contributed by atoms with Gasteiger partial charge in [-0.1, -0.05) is 6.07 Å². The highest BCUT2D eigenvalue weighted by Crippen LogP contribution is 2.26. The molecule has 2 aromatic carbocycles. The molecule has 0 saturated heterocycles. The Morgan fingerprint density at radius 3 is 2.39 bits per heavy atom. The number of amides is 1. The molecule has 3 aromatic rings. The Kier molecular flexibility index (Phi) is 7.29. The second kappa shape index (κ2) is 9.96. The van der Waals surface area contributed by atoms with E-state index in [1.165, 1.54) is 37.4 Å². The highest BCUT2D eigenvalue weighted by atomic mass is 32.2. The van der Waals surface area contributed by atoms with Gasteiger partial charge in [-0.3, -0.25) is 9.10 Å². The van der Waals surface area contributed by atoms with Gasteiger partial charge in [0.2, 0.25) is 0 Å². The Labute approximate surface area is 192 Å². The lowest BCUT2D eigenvalue weighted by atomic mass is 10.1. The van der Waals surface area contributed by atoms with E-state index < -0.39 is 51.4 Å². The third-order valence-electron chi connectivity index (χ3n) is 4.42. The number of hydrogen-bond donors (Lipinski definition) is 1. The van der Waals surface area contributed by atoms with Gasteiger partial charge in [0, 0.05) is 13.1 Å². The maximum absolute atomic E-state index is 13.9. The molecule has 0 atom stereocenters. The van der Waals surface area contributed by atoms with E-state index in [-0.39, 0.29) is 9.96 Å². The van der Waals surface area contributed by atoms with Gasteiger partial charge in [0.05, 0.1) is 24.0 Å². The molecule has 0 unspecified atom stereocenters. The van der Waals surface area contributed by atoms with Crippen molar-refractivity contribution in [1.29, 1.82) is 0 Å². The fraction of sp³-hybridized carbons (Fsp3) is 0.143. The summed E-state index contributed by atoms with van der Waals surface area (Å²) in [6.07, 6.45) is 0. The molecule has 1 heterocycles. The zero-order valence-corrected chi connectivity index (χ0v) is 19.0. The average Bonchev–Trinajstić information content (AvgIpc) is 3.35. The van der Waals surface area contributed by atoms with E-state index in [1.54, 1.807) is 11.4 Å². The number of nitrogens with zero attached hydrogens (tertiary/aromatic N) is 1. The smallest absolute Gasteiger partial charge is 0.340 e. The van der Waals surface area contributed by atoms with Crippen LogP contribution in [0.3, 0.4) is 0 Å². The lowest BCUT2D eigenvalue weighted by Gasteiger charge is -2.18. The van der Waals surface area contributed by atoms with Crippen LogP contribution in [-0.2, 0) is 19.6 Å². The Hall–Kier alpha value is -3.51. The molecule has 0 saturated carbocycles. The third kappa shape index (κ3) is 5.46. The lowest BCUT2D eigenvalue weighted by Crippen LogP contribution is -2.25. The summed E-state index contributed by atoms with van der Waals surface area (Å²) >= 11 is 1.10. The first-order chi connectivity index (χ1) is 15.6. The molecule has 1 amide bonds. The molecule has 0 fully saturated rings. The van der Waals surface area contributed by atoms with Gasteiger partial charge in [-0.15, -0.1) is 11.3 Å². The van der Waals surface area contributed by atoms with Gasteiger partial charge in [-0.05, 0) is 41.8 Å². The van der Waals surface area contributed by atoms with Crippen LogP contribution in [0, 0.1) is 11.6 Å². The molecule has 3 rings (SSSR count). The van der Waals surface area contributed by atoms with E-state index in [4.69, 9.17) is 4.74 Å². The Balaban J connectivity index is 1.63. The minimum atomic E-state index is -3.69. The van der Waals surface area contributed by atoms with E-state index in [1.807, 2.05) is 0 Å². The minimum Gasteiger partial charge on any atom is -0.484 e. The molecule has 0 spiro atoms. The molecule has 12 heteroatoms. The number of anilines is 2.